The first-order valence-electron chi connectivity index (χ1n) is 10.5. The summed E-state index contributed by atoms with van der Waals surface area (Å²) in [5.74, 6) is -0.928. The quantitative estimate of drug-likeness (QED) is 0.603. The van der Waals surface area contributed by atoms with E-state index in [1.807, 2.05) is 24.4 Å². The van der Waals surface area contributed by atoms with Crippen molar-refractivity contribution in [2.75, 3.05) is 6.54 Å². The zero-order valence-electron chi connectivity index (χ0n) is 17.7. The number of piperidine rings is 1. The van der Waals surface area contributed by atoms with Crippen molar-refractivity contribution < 1.29 is 22.7 Å². The number of likely N-dealkylation sites (tertiary alicyclic amines) is 1. The van der Waals surface area contributed by atoms with Crippen LogP contribution in [0.3, 0.4) is 0 Å². The molecule has 168 valence electrons. The molecular formula is C22H28N2O5S2. The molecule has 1 aliphatic heterocycles. The van der Waals surface area contributed by atoms with E-state index >= 15 is 0 Å². The van der Waals surface area contributed by atoms with Crippen LogP contribution in [0.4, 0.5) is 0 Å². The molecule has 0 bridgehead atoms. The van der Waals surface area contributed by atoms with Crippen molar-refractivity contribution in [3.05, 3.63) is 52.2 Å². The molecule has 2 unspecified atom stereocenters. The van der Waals surface area contributed by atoms with Crippen LogP contribution in [0.2, 0.25) is 0 Å². The van der Waals surface area contributed by atoms with E-state index in [9.17, 15) is 18.0 Å². The highest BCUT2D eigenvalue weighted by Crippen LogP contribution is 2.21. The van der Waals surface area contributed by atoms with Crippen molar-refractivity contribution in [3.8, 4) is 0 Å². The van der Waals surface area contributed by atoms with Gasteiger partial charge in [-0.25, -0.2) is 17.9 Å². The third kappa shape index (κ3) is 5.93. The molecule has 9 heteroatoms. The molecule has 1 amide bonds. The molecule has 2 aromatic rings. The van der Waals surface area contributed by atoms with Crippen LogP contribution in [0.15, 0.2) is 46.7 Å². The number of hydrogen-bond acceptors (Lipinski definition) is 6. The Morgan fingerprint density at radius 2 is 2.06 bits per heavy atom. The highest BCUT2D eigenvalue weighted by molar-refractivity contribution is 7.89. The molecule has 7 nitrogen and oxygen atoms in total. The lowest BCUT2D eigenvalue weighted by Gasteiger charge is -2.36. The second kappa shape index (κ2) is 10.4. The van der Waals surface area contributed by atoms with Gasteiger partial charge in [0.25, 0.3) is 5.91 Å². The second-order valence-corrected chi connectivity index (χ2v) is 10.4. The molecule has 0 spiro atoms. The van der Waals surface area contributed by atoms with Gasteiger partial charge in [0.1, 0.15) is 0 Å². The van der Waals surface area contributed by atoms with Crippen LogP contribution in [0.25, 0.3) is 0 Å². The summed E-state index contributed by atoms with van der Waals surface area (Å²) in [6.45, 7) is 4.45. The molecule has 1 fully saturated rings. The second-order valence-electron chi connectivity index (χ2n) is 7.57. The van der Waals surface area contributed by atoms with E-state index in [2.05, 4.69) is 4.72 Å². The molecule has 1 aromatic heterocycles. The van der Waals surface area contributed by atoms with Crippen LogP contribution in [-0.2, 0) is 26.1 Å². The highest BCUT2D eigenvalue weighted by atomic mass is 32.2. The maximum atomic E-state index is 12.8. The lowest BCUT2D eigenvalue weighted by molar-refractivity contribution is -0.143. The summed E-state index contributed by atoms with van der Waals surface area (Å²) < 4.78 is 33.1. The standard InChI is InChI=1S/C22H28N2O5S2/c1-3-18-9-4-5-12-24(18)21(25)16(2)29-22(26)17-8-6-11-20(14-17)31(27,28)23-15-19-10-7-13-30-19/h6-8,10-11,13-14,16,18,23H,3-5,9,12,15H2,1-2H3. The Labute approximate surface area is 187 Å². The minimum Gasteiger partial charge on any atom is -0.449 e. The van der Waals surface area contributed by atoms with E-state index in [1.54, 1.807) is 11.8 Å². The van der Waals surface area contributed by atoms with Gasteiger partial charge in [-0.15, -0.1) is 11.3 Å². The number of nitrogens with one attached hydrogen (secondary N) is 1. The Hall–Kier alpha value is -2.23. The Morgan fingerprint density at radius 3 is 2.77 bits per heavy atom. The van der Waals surface area contributed by atoms with Gasteiger partial charge in [0.15, 0.2) is 6.10 Å². The number of ether oxygens (including phenoxy) is 1. The number of esters is 1. The number of sulfonamides is 1. The van der Waals surface area contributed by atoms with Crippen LogP contribution in [0.1, 0.15) is 54.8 Å². The van der Waals surface area contributed by atoms with Gasteiger partial charge in [-0.2, -0.15) is 0 Å². The van der Waals surface area contributed by atoms with Crippen LogP contribution < -0.4 is 4.72 Å². The Morgan fingerprint density at radius 1 is 1.26 bits per heavy atom. The molecule has 1 aromatic carbocycles. The number of nitrogens with zero attached hydrogens (tertiary/aromatic N) is 1. The first-order chi connectivity index (χ1) is 14.8. The summed E-state index contributed by atoms with van der Waals surface area (Å²) in [4.78, 5) is 28.1. The summed E-state index contributed by atoms with van der Waals surface area (Å²) in [6.07, 6.45) is 2.93. The average molecular weight is 465 g/mol. The SMILES string of the molecule is CCC1CCCCN1C(=O)C(C)OC(=O)c1cccc(S(=O)(=O)NCc2cccs2)c1. The lowest BCUT2D eigenvalue weighted by Crippen LogP contribution is -2.48. The van der Waals surface area contributed by atoms with Crippen molar-refractivity contribution in [2.45, 2.75) is 63.1 Å². The number of amides is 1. The number of hydrogen-bond donors (Lipinski definition) is 1. The van der Waals surface area contributed by atoms with Crippen LogP contribution in [0, 0.1) is 0 Å². The predicted molar refractivity (Wildman–Crippen MR) is 119 cm³/mol. The minimum atomic E-state index is -3.79. The molecule has 3 rings (SSSR count). The van der Waals surface area contributed by atoms with Crippen LogP contribution >= 0.6 is 11.3 Å². The van der Waals surface area contributed by atoms with E-state index in [0.717, 1.165) is 30.6 Å². The lowest BCUT2D eigenvalue weighted by atomic mass is 9.99. The van der Waals surface area contributed by atoms with E-state index < -0.39 is 22.1 Å². The average Bonchev–Trinajstić information content (AvgIpc) is 3.31. The molecule has 31 heavy (non-hydrogen) atoms. The molecule has 0 saturated carbocycles. The fourth-order valence-corrected chi connectivity index (χ4v) is 5.47. The van der Waals surface area contributed by atoms with E-state index in [-0.39, 0.29) is 29.0 Å². The first-order valence-corrected chi connectivity index (χ1v) is 12.8. The predicted octanol–water partition coefficient (Wildman–Crippen LogP) is 3.56. The monoisotopic (exact) mass is 464 g/mol. The van der Waals surface area contributed by atoms with Crippen LogP contribution in [-0.4, -0.2) is 43.9 Å². The van der Waals surface area contributed by atoms with Gasteiger partial charge in [-0.3, -0.25) is 4.79 Å². The van der Waals surface area contributed by atoms with Gasteiger partial charge in [0.2, 0.25) is 10.0 Å². The molecule has 2 atom stereocenters. The smallest absolute Gasteiger partial charge is 0.338 e. The molecule has 0 radical (unpaired) electrons. The van der Waals surface area contributed by atoms with E-state index in [0.29, 0.717) is 6.54 Å². The van der Waals surface area contributed by atoms with Crippen molar-refractivity contribution in [1.82, 2.24) is 9.62 Å². The first kappa shape index (κ1) is 23.4. The minimum absolute atomic E-state index is 0.0282. The van der Waals surface area contributed by atoms with Crippen molar-refractivity contribution in [3.63, 3.8) is 0 Å². The van der Waals surface area contributed by atoms with Crippen LogP contribution in [0.5, 0.6) is 0 Å². The number of carbonyl (C=O) groups is 2. The van der Waals surface area contributed by atoms with Gasteiger partial charge >= 0.3 is 5.97 Å². The molecule has 1 saturated heterocycles. The summed E-state index contributed by atoms with van der Waals surface area (Å²) in [7, 11) is -3.79. The summed E-state index contributed by atoms with van der Waals surface area (Å²) in [6, 6.07) is 9.51. The van der Waals surface area contributed by atoms with Gasteiger partial charge in [-0.05, 0) is 62.3 Å². The summed E-state index contributed by atoms with van der Waals surface area (Å²) in [5.41, 5.74) is 0.0873. The van der Waals surface area contributed by atoms with E-state index in [4.69, 9.17) is 4.74 Å². The summed E-state index contributed by atoms with van der Waals surface area (Å²) >= 11 is 1.45. The number of carbonyl (C=O) groups excluding carboxylic acids is 2. The van der Waals surface area contributed by atoms with Crippen molar-refractivity contribution in [1.29, 1.82) is 0 Å². The zero-order chi connectivity index (χ0) is 22.4. The number of benzene rings is 1. The van der Waals surface area contributed by atoms with Gasteiger partial charge in [0.05, 0.1) is 10.5 Å². The zero-order valence-corrected chi connectivity index (χ0v) is 19.4. The summed E-state index contributed by atoms with van der Waals surface area (Å²) in [5, 5.41) is 1.87. The largest absolute Gasteiger partial charge is 0.449 e. The fourth-order valence-electron chi connectivity index (χ4n) is 3.68. The Kier molecular flexibility index (Phi) is 7.85. The topological polar surface area (TPSA) is 92.8 Å². The van der Waals surface area contributed by atoms with Gasteiger partial charge in [-0.1, -0.05) is 19.1 Å². The Bertz CT molecular complexity index is 1000. The maximum Gasteiger partial charge on any atom is 0.338 e. The molecular weight excluding hydrogens is 436 g/mol. The van der Waals surface area contributed by atoms with Gasteiger partial charge in [0, 0.05) is 24.0 Å². The Balaban J connectivity index is 1.65. The normalized spacial score (nSPS) is 17.9. The van der Waals surface area contributed by atoms with Gasteiger partial charge < -0.3 is 9.64 Å². The molecule has 0 aliphatic carbocycles. The maximum absolute atomic E-state index is 12.8. The molecule has 1 N–H and O–H groups in total. The number of thiophene rings is 1. The van der Waals surface area contributed by atoms with E-state index in [1.165, 1.54) is 35.6 Å². The number of rotatable bonds is 8. The van der Waals surface area contributed by atoms with Crippen molar-refractivity contribution in [2.24, 2.45) is 0 Å². The fraction of sp³-hybridized carbons (Fsp3) is 0.455. The third-order valence-electron chi connectivity index (χ3n) is 5.41. The third-order valence-corrected chi connectivity index (χ3v) is 7.68. The molecule has 1 aliphatic rings. The van der Waals surface area contributed by atoms with Crippen molar-refractivity contribution >= 4 is 33.2 Å². The highest BCUT2D eigenvalue weighted by Gasteiger charge is 2.30. The molecule has 2 heterocycles.